The van der Waals surface area contributed by atoms with Gasteiger partial charge in [0.1, 0.15) is 5.56 Å². The maximum Gasteiger partial charge on any atom is 0.342 e. The Hall–Kier alpha value is -2.44. The highest BCUT2D eigenvalue weighted by Gasteiger charge is 2.46. The Bertz CT molecular complexity index is 607. The van der Waals surface area contributed by atoms with Crippen molar-refractivity contribution in [2.24, 2.45) is 0 Å². The quantitative estimate of drug-likeness (QED) is 0.806. The third kappa shape index (κ3) is 1.59. The number of carbonyl (C=O) groups excluding carboxylic acids is 2. The van der Waals surface area contributed by atoms with Crippen LogP contribution in [0.2, 0.25) is 0 Å². The normalized spacial score (nSPS) is 23.5. The molecule has 1 saturated heterocycles. The predicted octanol–water partition coefficient (Wildman–Crippen LogP) is 0.936. The van der Waals surface area contributed by atoms with E-state index in [1.54, 1.807) is 0 Å². The Morgan fingerprint density at radius 2 is 2.00 bits per heavy atom. The van der Waals surface area contributed by atoms with Crippen molar-refractivity contribution in [3.63, 3.8) is 0 Å². The van der Waals surface area contributed by atoms with Gasteiger partial charge in [0, 0.05) is 5.56 Å². The number of methoxy groups -OCH3 is 2. The number of benzene rings is 1. The van der Waals surface area contributed by atoms with Crippen molar-refractivity contribution < 1.29 is 33.6 Å². The lowest BCUT2D eigenvalue weighted by Crippen LogP contribution is -2.29. The average Bonchev–Trinajstić information content (AvgIpc) is 2.78. The summed E-state index contributed by atoms with van der Waals surface area (Å²) < 4.78 is 20.4. The molecule has 7 heteroatoms. The molecule has 20 heavy (non-hydrogen) atoms. The first-order chi connectivity index (χ1) is 9.56. The molecule has 2 unspecified atom stereocenters. The fourth-order valence-corrected chi connectivity index (χ4v) is 2.53. The minimum atomic E-state index is -0.721. The number of phenols is 1. The number of hydrogen-bond acceptors (Lipinski definition) is 7. The predicted molar refractivity (Wildman–Crippen MR) is 63.9 cm³/mol. The van der Waals surface area contributed by atoms with Crippen LogP contribution < -0.4 is 9.47 Å². The lowest BCUT2D eigenvalue weighted by atomic mass is 9.94. The number of carbonyl (C=O) groups is 2. The zero-order chi connectivity index (χ0) is 14.4. The number of fused-ring (bicyclic) bond motifs is 3. The molecule has 106 valence electrons. The SMILES string of the molecule is COc1cc2c(c(O)c1OC)C(=O)OC1CC(=O)OC21. The van der Waals surface area contributed by atoms with E-state index >= 15 is 0 Å². The summed E-state index contributed by atoms with van der Waals surface area (Å²) >= 11 is 0. The van der Waals surface area contributed by atoms with Gasteiger partial charge in [0.2, 0.25) is 5.75 Å². The van der Waals surface area contributed by atoms with E-state index in [9.17, 15) is 14.7 Å². The summed E-state index contributed by atoms with van der Waals surface area (Å²) in [4.78, 5) is 23.3. The summed E-state index contributed by atoms with van der Waals surface area (Å²) in [5.74, 6) is -1.26. The zero-order valence-electron chi connectivity index (χ0n) is 10.8. The van der Waals surface area contributed by atoms with E-state index < -0.39 is 24.1 Å². The monoisotopic (exact) mass is 280 g/mol. The van der Waals surface area contributed by atoms with Crippen molar-refractivity contribution in [3.05, 3.63) is 17.2 Å². The van der Waals surface area contributed by atoms with Crippen molar-refractivity contribution in [2.75, 3.05) is 14.2 Å². The van der Waals surface area contributed by atoms with E-state index in [2.05, 4.69) is 0 Å². The van der Waals surface area contributed by atoms with Crippen LogP contribution in [0.3, 0.4) is 0 Å². The lowest BCUT2D eigenvalue weighted by molar-refractivity contribution is -0.142. The van der Waals surface area contributed by atoms with Crippen molar-refractivity contribution in [1.82, 2.24) is 0 Å². The average molecular weight is 280 g/mol. The second-order valence-corrected chi connectivity index (χ2v) is 4.48. The Morgan fingerprint density at radius 1 is 1.25 bits per heavy atom. The largest absolute Gasteiger partial charge is 0.504 e. The summed E-state index contributed by atoms with van der Waals surface area (Å²) in [5.41, 5.74) is 0.311. The summed E-state index contributed by atoms with van der Waals surface area (Å²) in [6.07, 6.45) is -1.38. The first-order valence-electron chi connectivity index (χ1n) is 5.95. The number of phenolic OH excluding ortho intramolecular Hbond substituents is 1. The highest BCUT2D eigenvalue weighted by molar-refractivity contribution is 5.98. The molecule has 0 bridgehead atoms. The van der Waals surface area contributed by atoms with Gasteiger partial charge in [0.25, 0.3) is 0 Å². The molecule has 1 aromatic rings. The minimum Gasteiger partial charge on any atom is -0.504 e. The third-order valence-electron chi connectivity index (χ3n) is 3.41. The topological polar surface area (TPSA) is 91.3 Å². The molecule has 0 radical (unpaired) electrons. The van der Waals surface area contributed by atoms with E-state index in [4.69, 9.17) is 18.9 Å². The van der Waals surface area contributed by atoms with Gasteiger partial charge in [-0.25, -0.2) is 4.79 Å². The van der Waals surface area contributed by atoms with Gasteiger partial charge in [-0.15, -0.1) is 0 Å². The van der Waals surface area contributed by atoms with Crippen LogP contribution in [0.4, 0.5) is 0 Å². The third-order valence-corrected chi connectivity index (χ3v) is 3.41. The summed E-state index contributed by atoms with van der Waals surface area (Å²) in [6, 6.07) is 1.52. The standard InChI is InChI=1S/C13H12O7/c1-17-6-3-5-9(10(15)12(6)18-2)13(16)19-7-4-8(14)20-11(5)7/h3,7,11,15H,4H2,1-2H3. The van der Waals surface area contributed by atoms with Gasteiger partial charge in [-0.1, -0.05) is 0 Å². The van der Waals surface area contributed by atoms with Crippen LogP contribution >= 0.6 is 0 Å². The first kappa shape index (κ1) is 12.6. The molecular formula is C13H12O7. The van der Waals surface area contributed by atoms with Gasteiger partial charge in [0.05, 0.1) is 20.6 Å². The number of ether oxygens (including phenoxy) is 4. The van der Waals surface area contributed by atoms with Crippen LogP contribution in [0, 0.1) is 0 Å². The molecule has 0 aromatic heterocycles. The molecule has 0 spiro atoms. The molecule has 1 N–H and O–H groups in total. The molecule has 2 aliphatic rings. The van der Waals surface area contributed by atoms with Gasteiger partial charge in [-0.05, 0) is 6.07 Å². The van der Waals surface area contributed by atoms with Crippen LogP contribution in [0.1, 0.15) is 28.4 Å². The molecule has 1 aromatic carbocycles. The van der Waals surface area contributed by atoms with E-state index in [1.165, 1.54) is 20.3 Å². The number of rotatable bonds is 2. The van der Waals surface area contributed by atoms with E-state index in [0.29, 0.717) is 5.56 Å². The van der Waals surface area contributed by atoms with Gasteiger partial charge in [-0.3, -0.25) is 4.79 Å². The number of aromatic hydroxyl groups is 1. The Labute approximate surface area is 114 Å². The summed E-state index contributed by atoms with van der Waals surface area (Å²) in [5, 5.41) is 10.2. The van der Waals surface area contributed by atoms with E-state index in [0.717, 1.165) is 0 Å². The lowest BCUT2D eigenvalue weighted by Gasteiger charge is -2.27. The zero-order valence-corrected chi connectivity index (χ0v) is 10.8. The van der Waals surface area contributed by atoms with Crippen LogP contribution in [-0.2, 0) is 14.3 Å². The molecule has 7 nitrogen and oxygen atoms in total. The molecule has 3 rings (SSSR count). The highest BCUT2D eigenvalue weighted by atomic mass is 16.6. The van der Waals surface area contributed by atoms with Gasteiger partial charge < -0.3 is 24.1 Å². The van der Waals surface area contributed by atoms with Crippen molar-refractivity contribution >= 4 is 11.9 Å². The number of esters is 2. The molecule has 1 fully saturated rings. The minimum absolute atomic E-state index is 0.00491. The summed E-state index contributed by atoms with van der Waals surface area (Å²) in [6.45, 7) is 0. The summed E-state index contributed by atoms with van der Waals surface area (Å²) in [7, 11) is 2.75. The molecule has 0 saturated carbocycles. The number of hydrogen-bond donors (Lipinski definition) is 1. The highest BCUT2D eigenvalue weighted by Crippen LogP contribution is 2.48. The maximum absolute atomic E-state index is 12.0. The Kier molecular flexibility index (Phi) is 2.70. The van der Waals surface area contributed by atoms with Crippen molar-refractivity contribution in [1.29, 1.82) is 0 Å². The molecule has 0 aliphatic carbocycles. The van der Waals surface area contributed by atoms with Crippen LogP contribution in [0.5, 0.6) is 17.2 Å². The van der Waals surface area contributed by atoms with Gasteiger partial charge in [-0.2, -0.15) is 0 Å². The van der Waals surface area contributed by atoms with Crippen LogP contribution in [0.25, 0.3) is 0 Å². The Balaban J connectivity index is 2.22. The van der Waals surface area contributed by atoms with Gasteiger partial charge in [0.15, 0.2) is 23.7 Å². The van der Waals surface area contributed by atoms with Gasteiger partial charge >= 0.3 is 11.9 Å². The molecular weight excluding hydrogens is 268 g/mol. The van der Waals surface area contributed by atoms with E-state index in [1.807, 2.05) is 0 Å². The van der Waals surface area contributed by atoms with Crippen molar-refractivity contribution in [3.8, 4) is 17.2 Å². The molecule has 2 atom stereocenters. The fraction of sp³-hybridized carbons (Fsp3) is 0.385. The van der Waals surface area contributed by atoms with Crippen molar-refractivity contribution in [2.45, 2.75) is 18.6 Å². The van der Waals surface area contributed by atoms with Crippen LogP contribution in [-0.4, -0.2) is 37.4 Å². The second kappa shape index (κ2) is 4.29. The second-order valence-electron chi connectivity index (χ2n) is 4.48. The van der Waals surface area contributed by atoms with Crippen LogP contribution in [0.15, 0.2) is 6.07 Å². The molecule has 0 amide bonds. The Morgan fingerprint density at radius 3 is 2.65 bits per heavy atom. The fourth-order valence-electron chi connectivity index (χ4n) is 2.53. The van der Waals surface area contributed by atoms with E-state index in [-0.39, 0.29) is 29.2 Å². The molecule has 2 heterocycles. The smallest absolute Gasteiger partial charge is 0.342 e. The molecule has 2 aliphatic heterocycles. The maximum atomic E-state index is 12.0. The first-order valence-corrected chi connectivity index (χ1v) is 5.95.